The van der Waals surface area contributed by atoms with Crippen LogP contribution in [0.5, 0.6) is 0 Å². The molecule has 0 saturated heterocycles. The van der Waals surface area contributed by atoms with Crippen LogP contribution in [0, 0.1) is 0 Å². The average molecular weight is 365 g/mol. The van der Waals surface area contributed by atoms with Gasteiger partial charge in [-0.1, -0.05) is 30.3 Å². The number of sulfonamides is 1. The van der Waals surface area contributed by atoms with Crippen LogP contribution in [0.2, 0.25) is 0 Å². The standard InChI is InChI=1S/C18H15N5O2S/c24-26(25,16-13-20-23(14-16)15-7-2-1-3-8-15)21-17-9-4-5-10-18(17)22-12-6-11-19-22/h1-14,21H. The Hall–Kier alpha value is -3.39. The summed E-state index contributed by atoms with van der Waals surface area (Å²) in [6, 6.07) is 18.2. The lowest BCUT2D eigenvalue weighted by molar-refractivity contribution is 0.601. The van der Waals surface area contributed by atoms with E-state index < -0.39 is 10.0 Å². The fourth-order valence-corrected chi connectivity index (χ4v) is 3.55. The molecule has 0 bridgehead atoms. The van der Waals surface area contributed by atoms with Crippen molar-refractivity contribution in [1.82, 2.24) is 19.6 Å². The summed E-state index contributed by atoms with van der Waals surface area (Å²) >= 11 is 0. The first-order valence-electron chi connectivity index (χ1n) is 7.85. The van der Waals surface area contributed by atoms with Crippen LogP contribution >= 0.6 is 0 Å². The highest BCUT2D eigenvalue weighted by molar-refractivity contribution is 7.92. The molecule has 8 heteroatoms. The van der Waals surface area contributed by atoms with Gasteiger partial charge < -0.3 is 0 Å². The molecule has 0 amide bonds. The number of hydrogen-bond acceptors (Lipinski definition) is 4. The van der Waals surface area contributed by atoms with Gasteiger partial charge in [0.1, 0.15) is 4.90 Å². The Balaban J connectivity index is 1.66. The van der Waals surface area contributed by atoms with Crippen LogP contribution in [0.15, 0.2) is 90.3 Å². The number of anilines is 1. The quantitative estimate of drug-likeness (QED) is 0.590. The minimum Gasteiger partial charge on any atom is -0.277 e. The van der Waals surface area contributed by atoms with Crippen molar-refractivity contribution in [3.05, 3.63) is 85.5 Å². The Morgan fingerprint density at radius 1 is 0.846 bits per heavy atom. The number of rotatable bonds is 5. The molecule has 0 aliphatic rings. The highest BCUT2D eigenvalue weighted by Crippen LogP contribution is 2.23. The predicted octanol–water partition coefficient (Wildman–Crippen LogP) is 2.86. The van der Waals surface area contributed by atoms with E-state index in [1.165, 1.54) is 17.1 Å². The summed E-state index contributed by atoms with van der Waals surface area (Å²) in [7, 11) is -3.79. The van der Waals surface area contributed by atoms with Crippen LogP contribution < -0.4 is 4.72 Å². The van der Waals surface area contributed by atoms with E-state index in [9.17, 15) is 8.42 Å². The molecule has 26 heavy (non-hydrogen) atoms. The van der Waals surface area contributed by atoms with Gasteiger partial charge in [-0.05, 0) is 30.3 Å². The van der Waals surface area contributed by atoms with Gasteiger partial charge in [-0.15, -0.1) is 0 Å². The third kappa shape index (κ3) is 3.09. The number of benzene rings is 2. The van der Waals surface area contributed by atoms with Crippen molar-refractivity contribution >= 4 is 15.7 Å². The van der Waals surface area contributed by atoms with Crippen molar-refractivity contribution in [1.29, 1.82) is 0 Å². The lowest BCUT2D eigenvalue weighted by Crippen LogP contribution is -2.14. The van der Waals surface area contributed by atoms with Crippen molar-refractivity contribution in [2.24, 2.45) is 0 Å². The fraction of sp³-hybridized carbons (Fsp3) is 0. The number of nitrogens with zero attached hydrogens (tertiary/aromatic N) is 4. The van der Waals surface area contributed by atoms with E-state index in [0.717, 1.165) is 5.69 Å². The van der Waals surface area contributed by atoms with E-state index in [-0.39, 0.29) is 4.90 Å². The normalized spacial score (nSPS) is 11.4. The zero-order valence-corrected chi connectivity index (χ0v) is 14.4. The molecular weight excluding hydrogens is 350 g/mol. The van der Waals surface area contributed by atoms with Crippen molar-refractivity contribution in [2.75, 3.05) is 4.72 Å². The van der Waals surface area contributed by atoms with Gasteiger partial charge in [0.05, 0.1) is 29.5 Å². The smallest absolute Gasteiger partial charge is 0.265 e. The molecule has 0 radical (unpaired) electrons. The summed E-state index contributed by atoms with van der Waals surface area (Å²) in [4.78, 5) is 0.0802. The van der Waals surface area contributed by atoms with Crippen molar-refractivity contribution in [2.45, 2.75) is 4.90 Å². The number of aromatic nitrogens is 4. The monoisotopic (exact) mass is 365 g/mol. The Kier molecular flexibility index (Phi) is 4.02. The lowest BCUT2D eigenvalue weighted by atomic mass is 10.3. The Morgan fingerprint density at radius 2 is 1.62 bits per heavy atom. The van der Waals surface area contributed by atoms with E-state index >= 15 is 0 Å². The van der Waals surface area contributed by atoms with E-state index in [0.29, 0.717) is 11.4 Å². The van der Waals surface area contributed by atoms with Gasteiger partial charge in [-0.25, -0.2) is 17.8 Å². The maximum atomic E-state index is 12.8. The molecule has 2 heterocycles. The summed E-state index contributed by atoms with van der Waals surface area (Å²) in [6.45, 7) is 0. The van der Waals surface area contributed by atoms with E-state index in [1.807, 2.05) is 36.4 Å². The largest absolute Gasteiger partial charge is 0.277 e. The Morgan fingerprint density at radius 3 is 2.38 bits per heavy atom. The second kappa shape index (κ2) is 6.49. The zero-order valence-electron chi connectivity index (χ0n) is 13.6. The summed E-state index contributed by atoms with van der Waals surface area (Å²) in [5.41, 5.74) is 1.85. The molecule has 0 saturated carbocycles. The molecule has 0 unspecified atom stereocenters. The molecule has 4 rings (SSSR count). The molecule has 0 spiro atoms. The SMILES string of the molecule is O=S(=O)(Nc1ccccc1-n1cccn1)c1cnn(-c2ccccc2)c1. The molecule has 0 aliphatic heterocycles. The maximum Gasteiger partial charge on any atom is 0.265 e. The van der Waals surface area contributed by atoms with Crippen LogP contribution in [-0.2, 0) is 10.0 Å². The summed E-state index contributed by atoms with van der Waals surface area (Å²) in [6.07, 6.45) is 6.19. The van der Waals surface area contributed by atoms with Gasteiger partial charge in [-0.3, -0.25) is 4.72 Å². The Bertz CT molecular complexity index is 1120. The van der Waals surface area contributed by atoms with Crippen molar-refractivity contribution in [3.8, 4) is 11.4 Å². The average Bonchev–Trinajstić information content (AvgIpc) is 3.35. The molecule has 4 aromatic rings. The second-order valence-electron chi connectivity index (χ2n) is 5.53. The Labute approximate surface area is 150 Å². The minimum atomic E-state index is -3.79. The number of nitrogens with one attached hydrogen (secondary N) is 1. The third-order valence-electron chi connectivity index (χ3n) is 3.79. The molecule has 2 aromatic carbocycles. The first kappa shape index (κ1) is 16.1. The topological polar surface area (TPSA) is 81.8 Å². The van der Waals surface area contributed by atoms with Crippen LogP contribution in [-0.4, -0.2) is 28.0 Å². The summed E-state index contributed by atoms with van der Waals surface area (Å²) in [5.74, 6) is 0. The third-order valence-corrected chi connectivity index (χ3v) is 5.11. The summed E-state index contributed by atoms with van der Waals surface area (Å²) < 4.78 is 31.3. The van der Waals surface area contributed by atoms with Gasteiger partial charge in [0, 0.05) is 12.4 Å². The van der Waals surface area contributed by atoms with E-state index in [1.54, 1.807) is 41.3 Å². The van der Waals surface area contributed by atoms with E-state index in [2.05, 4.69) is 14.9 Å². The molecule has 130 valence electrons. The lowest BCUT2D eigenvalue weighted by Gasteiger charge is -2.11. The fourth-order valence-electron chi connectivity index (χ4n) is 2.54. The molecule has 1 N–H and O–H groups in total. The molecule has 2 aromatic heterocycles. The first-order chi connectivity index (χ1) is 12.6. The van der Waals surface area contributed by atoms with Crippen LogP contribution in [0.1, 0.15) is 0 Å². The molecule has 7 nitrogen and oxygen atoms in total. The molecular formula is C18H15N5O2S. The highest BCUT2D eigenvalue weighted by Gasteiger charge is 2.19. The van der Waals surface area contributed by atoms with Crippen LogP contribution in [0.3, 0.4) is 0 Å². The van der Waals surface area contributed by atoms with Crippen molar-refractivity contribution in [3.63, 3.8) is 0 Å². The van der Waals surface area contributed by atoms with E-state index in [4.69, 9.17) is 0 Å². The van der Waals surface area contributed by atoms with Crippen LogP contribution in [0.4, 0.5) is 5.69 Å². The van der Waals surface area contributed by atoms with Gasteiger partial charge in [0.25, 0.3) is 10.0 Å². The van der Waals surface area contributed by atoms with Gasteiger partial charge >= 0.3 is 0 Å². The zero-order chi connectivity index (χ0) is 18.0. The highest BCUT2D eigenvalue weighted by atomic mass is 32.2. The second-order valence-corrected chi connectivity index (χ2v) is 7.21. The van der Waals surface area contributed by atoms with Crippen molar-refractivity contribution < 1.29 is 8.42 Å². The molecule has 0 fully saturated rings. The maximum absolute atomic E-state index is 12.8. The first-order valence-corrected chi connectivity index (χ1v) is 9.34. The number of hydrogen-bond donors (Lipinski definition) is 1. The van der Waals surface area contributed by atoms with Gasteiger partial charge in [0.2, 0.25) is 0 Å². The summed E-state index contributed by atoms with van der Waals surface area (Å²) in [5, 5.41) is 8.31. The molecule has 0 aliphatic carbocycles. The number of para-hydroxylation sites is 3. The van der Waals surface area contributed by atoms with Crippen LogP contribution in [0.25, 0.3) is 11.4 Å². The predicted molar refractivity (Wildman–Crippen MR) is 97.9 cm³/mol. The minimum absolute atomic E-state index is 0.0802. The molecule has 0 atom stereocenters. The van der Waals surface area contributed by atoms with Gasteiger partial charge in [-0.2, -0.15) is 10.2 Å². The van der Waals surface area contributed by atoms with Gasteiger partial charge in [0.15, 0.2) is 0 Å².